The summed E-state index contributed by atoms with van der Waals surface area (Å²) in [6.45, 7) is 0. The summed E-state index contributed by atoms with van der Waals surface area (Å²) in [4.78, 5) is 27.2. The molecule has 47 heavy (non-hydrogen) atoms. The van der Waals surface area contributed by atoms with Gasteiger partial charge in [-0.1, -0.05) is 65.7 Å². The van der Waals surface area contributed by atoms with Crippen LogP contribution in [0.25, 0.3) is 33.4 Å². The van der Waals surface area contributed by atoms with Gasteiger partial charge in [-0.05, 0) is 85.3 Å². The lowest BCUT2D eigenvalue weighted by molar-refractivity contribution is 0.102. The molecule has 3 aromatic heterocycles. The van der Waals surface area contributed by atoms with E-state index >= 15 is 0 Å². The Kier molecular flexibility index (Phi) is 7.54. The average molecular weight is 662 g/mol. The minimum absolute atomic E-state index is 0.0765. The summed E-state index contributed by atoms with van der Waals surface area (Å²) < 4.78 is 8.44. The van der Waals surface area contributed by atoms with Crippen molar-refractivity contribution in [3.63, 3.8) is 0 Å². The maximum atomic E-state index is 14.4. The number of amides is 1. The lowest BCUT2D eigenvalue weighted by Crippen LogP contribution is -2.27. The van der Waals surface area contributed by atoms with Gasteiger partial charge in [0.25, 0.3) is 5.91 Å². The van der Waals surface area contributed by atoms with Crippen LogP contribution in [0.3, 0.4) is 0 Å². The number of pyridine rings is 1. The van der Waals surface area contributed by atoms with Gasteiger partial charge in [0.05, 0.1) is 23.8 Å². The molecule has 1 aliphatic heterocycles. The van der Waals surface area contributed by atoms with Gasteiger partial charge in [-0.25, -0.2) is 9.97 Å². The van der Waals surface area contributed by atoms with Crippen LogP contribution >= 0.6 is 23.2 Å². The molecule has 0 radical (unpaired) electrons. The number of ether oxygens (including phenoxy) is 1. The van der Waals surface area contributed by atoms with Gasteiger partial charge in [-0.15, -0.1) is 0 Å². The molecule has 2 aliphatic rings. The van der Waals surface area contributed by atoms with Crippen molar-refractivity contribution in [2.75, 3.05) is 5.32 Å². The maximum Gasteiger partial charge on any atom is 0.272 e. The van der Waals surface area contributed by atoms with E-state index < -0.39 is 0 Å². The molecule has 1 amide bonds. The summed E-state index contributed by atoms with van der Waals surface area (Å²) >= 11 is 13.0. The van der Waals surface area contributed by atoms with Crippen LogP contribution in [-0.4, -0.2) is 37.7 Å². The number of carbonyl (C=O) groups is 1. The van der Waals surface area contributed by atoms with Crippen molar-refractivity contribution >= 4 is 51.9 Å². The van der Waals surface area contributed by atoms with E-state index in [0.717, 1.165) is 70.2 Å². The minimum Gasteiger partial charge on any atom is -0.473 e. The summed E-state index contributed by atoms with van der Waals surface area (Å²) in [6.07, 6.45) is 8.53. The molecule has 3 aromatic carbocycles. The van der Waals surface area contributed by atoms with Crippen LogP contribution in [0.2, 0.25) is 10.0 Å². The van der Waals surface area contributed by atoms with Crippen molar-refractivity contribution < 1.29 is 9.53 Å². The molecule has 8 rings (SSSR count). The molecular formula is C37H30Cl2N6O2. The first-order chi connectivity index (χ1) is 23.0. The number of anilines is 1. The Morgan fingerprint density at radius 3 is 2.64 bits per heavy atom. The Bertz CT molecular complexity index is 2140. The Hall–Kier alpha value is -4.92. The van der Waals surface area contributed by atoms with Gasteiger partial charge < -0.3 is 25.0 Å². The molecule has 3 N–H and O–H groups in total. The highest BCUT2D eigenvalue weighted by molar-refractivity contribution is 6.32. The summed E-state index contributed by atoms with van der Waals surface area (Å²) in [5.74, 6) is 0.216. The molecule has 3 unspecified atom stereocenters. The molecule has 4 heterocycles. The fourth-order valence-electron chi connectivity index (χ4n) is 7.06. The number of nitrogens with zero attached hydrogens (tertiary/aromatic N) is 3. The average Bonchev–Trinajstić information content (AvgIpc) is 3.69. The predicted octanol–water partition coefficient (Wildman–Crippen LogP) is 9.19. The smallest absolute Gasteiger partial charge is 0.272 e. The number of aromatic nitrogens is 4. The van der Waals surface area contributed by atoms with Crippen LogP contribution in [0.1, 0.15) is 53.3 Å². The predicted molar refractivity (Wildman–Crippen MR) is 186 cm³/mol. The van der Waals surface area contributed by atoms with Crippen molar-refractivity contribution in [1.82, 2.24) is 19.5 Å². The molecule has 1 saturated carbocycles. The highest BCUT2D eigenvalue weighted by Gasteiger charge is 2.36. The zero-order valence-electron chi connectivity index (χ0n) is 25.2. The molecule has 234 valence electrons. The Balaban J connectivity index is 1.26. The van der Waals surface area contributed by atoms with E-state index in [-0.39, 0.29) is 24.0 Å². The highest BCUT2D eigenvalue weighted by Crippen LogP contribution is 2.50. The number of imidazole rings is 1. The summed E-state index contributed by atoms with van der Waals surface area (Å²) in [5.41, 5.74) is 6.85. The van der Waals surface area contributed by atoms with Gasteiger partial charge >= 0.3 is 0 Å². The monoisotopic (exact) mass is 660 g/mol. The third kappa shape index (κ3) is 5.27. The number of hydrogen-bond acceptors (Lipinski definition) is 5. The number of nitrogens with one attached hydrogen (secondary N) is 3. The second-order valence-electron chi connectivity index (χ2n) is 12.1. The lowest BCUT2D eigenvalue weighted by Gasteiger charge is -2.28. The van der Waals surface area contributed by atoms with Gasteiger partial charge in [0, 0.05) is 38.3 Å². The van der Waals surface area contributed by atoms with Crippen LogP contribution in [0.5, 0.6) is 5.88 Å². The van der Waals surface area contributed by atoms with E-state index in [1.54, 1.807) is 18.3 Å². The normalized spacial score (nSPS) is 18.5. The molecule has 6 aromatic rings. The van der Waals surface area contributed by atoms with Gasteiger partial charge in [0.2, 0.25) is 5.88 Å². The summed E-state index contributed by atoms with van der Waals surface area (Å²) in [6, 6.07) is 24.9. The molecular weight excluding hydrogens is 631 g/mol. The van der Waals surface area contributed by atoms with Crippen molar-refractivity contribution in [3.8, 4) is 28.4 Å². The third-order valence-corrected chi connectivity index (χ3v) is 9.63. The number of fused-ring (bicyclic) bond motifs is 2. The Morgan fingerprint density at radius 2 is 1.83 bits per heavy atom. The van der Waals surface area contributed by atoms with E-state index in [2.05, 4.69) is 19.9 Å². The molecule has 3 atom stereocenters. The standard InChI is InChI=1S/C37H30Cl2N6O2/c38-24-13-11-23(12-14-24)34-27-17-25(39)18-29-30(27)31(35-32(42-20-45(34)35)22-7-2-1-3-8-22)33(43-29)36(46)44-28-10-5-15-41-37(28)47-26-9-4-6-21(16-26)19-40/h1-3,5,7-8,10-15,17-21,26,34,40,43H,4,6,9,16H2,(H,44,46). The third-order valence-electron chi connectivity index (χ3n) is 9.16. The zero-order valence-corrected chi connectivity index (χ0v) is 26.7. The number of halogens is 2. The van der Waals surface area contributed by atoms with Crippen molar-refractivity contribution in [2.24, 2.45) is 5.92 Å². The largest absolute Gasteiger partial charge is 0.473 e. The molecule has 1 fully saturated rings. The van der Waals surface area contributed by atoms with Gasteiger partial charge in [-0.3, -0.25) is 4.79 Å². The number of benzene rings is 3. The zero-order chi connectivity index (χ0) is 32.1. The van der Waals surface area contributed by atoms with Crippen molar-refractivity contribution in [3.05, 3.63) is 118 Å². The van der Waals surface area contributed by atoms with E-state index in [4.69, 9.17) is 38.3 Å². The fraction of sp³-hybridized carbons (Fsp3) is 0.189. The van der Waals surface area contributed by atoms with Crippen LogP contribution in [0, 0.1) is 11.3 Å². The van der Waals surface area contributed by atoms with Gasteiger partial charge in [-0.2, -0.15) is 0 Å². The van der Waals surface area contributed by atoms with Crippen LogP contribution in [0.15, 0.2) is 91.4 Å². The number of carbonyl (C=O) groups excluding carboxylic acids is 1. The Morgan fingerprint density at radius 1 is 1.00 bits per heavy atom. The quantitative estimate of drug-likeness (QED) is 0.148. The highest BCUT2D eigenvalue weighted by atomic mass is 35.5. The van der Waals surface area contributed by atoms with E-state index in [1.165, 1.54) is 6.21 Å². The molecule has 1 aliphatic carbocycles. The molecule has 0 spiro atoms. The van der Waals surface area contributed by atoms with Crippen LogP contribution < -0.4 is 10.1 Å². The van der Waals surface area contributed by atoms with E-state index in [9.17, 15) is 4.79 Å². The number of aromatic amines is 1. The molecule has 0 saturated heterocycles. The molecule has 8 nitrogen and oxygen atoms in total. The first-order valence-electron chi connectivity index (χ1n) is 15.6. The van der Waals surface area contributed by atoms with Crippen LogP contribution in [0.4, 0.5) is 5.69 Å². The maximum absolute atomic E-state index is 14.4. The van der Waals surface area contributed by atoms with Crippen LogP contribution in [-0.2, 0) is 0 Å². The van der Waals surface area contributed by atoms with Gasteiger partial charge in [0.1, 0.15) is 17.5 Å². The summed E-state index contributed by atoms with van der Waals surface area (Å²) in [5, 5.41) is 12.9. The number of rotatable bonds is 7. The minimum atomic E-state index is -0.339. The topological polar surface area (TPSA) is 109 Å². The van der Waals surface area contributed by atoms with E-state index in [0.29, 0.717) is 27.3 Å². The molecule has 0 bridgehead atoms. The van der Waals surface area contributed by atoms with Crippen molar-refractivity contribution in [2.45, 2.75) is 37.8 Å². The first-order valence-corrected chi connectivity index (χ1v) is 16.4. The second-order valence-corrected chi connectivity index (χ2v) is 13.0. The Labute approximate surface area is 281 Å². The second kappa shape index (κ2) is 12.0. The molecule has 10 heteroatoms. The van der Waals surface area contributed by atoms with E-state index in [1.807, 2.05) is 73.1 Å². The first kappa shape index (κ1) is 29.5. The summed E-state index contributed by atoms with van der Waals surface area (Å²) in [7, 11) is 0. The fourth-order valence-corrected chi connectivity index (χ4v) is 7.41. The van der Waals surface area contributed by atoms with Crippen molar-refractivity contribution in [1.29, 1.82) is 5.41 Å². The number of hydrogen-bond donors (Lipinski definition) is 3. The van der Waals surface area contributed by atoms with Gasteiger partial charge in [0.15, 0.2) is 0 Å². The SMILES string of the molecule is N=CC1CCCC(Oc2ncccc2NC(=O)c2[nH]c3cc(Cl)cc4c3c2-c2c(-c3ccccc3)ncn2C4c2ccc(Cl)cc2)C1. The lowest BCUT2D eigenvalue weighted by atomic mass is 9.88. The number of H-pyrrole nitrogens is 1.